The molecule has 5 rings (SSSR count). The van der Waals surface area contributed by atoms with Gasteiger partial charge in [0.1, 0.15) is 17.1 Å². The molecule has 2 aliphatic heterocycles. The van der Waals surface area contributed by atoms with Crippen molar-refractivity contribution in [1.82, 2.24) is 9.88 Å². The molecule has 0 spiro atoms. The molecule has 2 aliphatic rings. The van der Waals surface area contributed by atoms with Crippen LogP contribution in [-0.4, -0.2) is 45.9 Å². The highest BCUT2D eigenvalue weighted by Crippen LogP contribution is 2.34. The molecule has 30 heavy (non-hydrogen) atoms. The Balaban J connectivity index is 0.00000218. The first kappa shape index (κ1) is 20.2. The number of nitrogens with zero attached hydrogens (tertiary/aromatic N) is 2. The van der Waals surface area contributed by atoms with Crippen LogP contribution in [0.25, 0.3) is 16.6 Å². The summed E-state index contributed by atoms with van der Waals surface area (Å²) in [7, 11) is 0. The monoisotopic (exact) mass is 431 g/mol. The summed E-state index contributed by atoms with van der Waals surface area (Å²) >= 11 is 0. The summed E-state index contributed by atoms with van der Waals surface area (Å²) in [6.45, 7) is 1.47. The molecule has 2 fully saturated rings. The second-order valence-electron chi connectivity index (χ2n) is 7.53. The third-order valence-corrected chi connectivity index (χ3v) is 5.80. The summed E-state index contributed by atoms with van der Waals surface area (Å²) in [6.07, 6.45) is 2.19. The Morgan fingerprint density at radius 1 is 1.20 bits per heavy atom. The van der Waals surface area contributed by atoms with Gasteiger partial charge in [0.05, 0.1) is 11.2 Å². The van der Waals surface area contributed by atoms with E-state index in [-0.39, 0.29) is 29.6 Å². The molecule has 2 aromatic carbocycles. The van der Waals surface area contributed by atoms with E-state index >= 15 is 4.39 Å². The van der Waals surface area contributed by atoms with Gasteiger partial charge in [-0.25, -0.2) is 9.18 Å². The molecular weight excluding hydrogens is 413 g/mol. The third kappa shape index (κ3) is 3.09. The van der Waals surface area contributed by atoms with Crippen LogP contribution in [0.5, 0.6) is 5.75 Å². The highest BCUT2D eigenvalue weighted by atomic mass is 35.5. The lowest BCUT2D eigenvalue weighted by atomic mass is 10.1. The number of carboxylic acid groups (broad SMARTS) is 1. The van der Waals surface area contributed by atoms with Crippen molar-refractivity contribution in [3.05, 3.63) is 64.2 Å². The average Bonchev–Trinajstić information content (AvgIpc) is 3.32. The summed E-state index contributed by atoms with van der Waals surface area (Å²) in [4.78, 5) is 26.3. The van der Waals surface area contributed by atoms with Crippen LogP contribution in [0.2, 0.25) is 0 Å². The lowest BCUT2D eigenvalue weighted by molar-refractivity contribution is 0.0695. The van der Waals surface area contributed by atoms with E-state index in [4.69, 9.17) is 0 Å². The molecule has 2 saturated heterocycles. The van der Waals surface area contributed by atoms with Crippen LogP contribution in [0.4, 0.5) is 10.1 Å². The van der Waals surface area contributed by atoms with E-state index in [2.05, 4.69) is 5.32 Å². The van der Waals surface area contributed by atoms with E-state index < -0.39 is 22.8 Å². The van der Waals surface area contributed by atoms with Crippen LogP contribution in [0.3, 0.4) is 0 Å². The van der Waals surface area contributed by atoms with Crippen molar-refractivity contribution in [2.24, 2.45) is 0 Å². The molecule has 3 aromatic rings. The van der Waals surface area contributed by atoms with Crippen LogP contribution in [0.1, 0.15) is 16.8 Å². The second-order valence-corrected chi connectivity index (χ2v) is 7.53. The smallest absolute Gasteiger partial charge is 0.341 e. The molecule has 0 radical (unpaired) electrons. The number of phenolic OH excluding ortho intramolecular Hbond substituents is 1. The van der Waals surface area contributed by atoms with Gasteiger partial charge >= 0.3 is 5.97 Å². The fourth-order valence-corrected chi connectivity index (χ4v) is 4.39. The SMILES string of the molecule is Cl.O=C(O)c1cn(-c2ccc(O)cc2)c2cc(N3C[C@@H]4C[C@H]3CN4)c(F)cc2c1=O. The minimum atomic E-state index is -1.38. The molecular formula is C21H19ClFN3O4. The minimum Gasteiger partial charge on any atom is -0.508 e. The number of pyridine rings is 1. The number of carboxylic acids is 1. The Bertz CT molecular complexity index is 1210. The number of fused-ring (bicyclic) bond motifs is 3. The number of piperazine rings is 1. The van der Waals surface area contributed by atoms with Crippen LogP contribution in [0, 0.1) is 5.82 Å². The minimum absolute atomic E-state index is 0. The van der Waals surface area contributed by atoms with Gasteiger partial charge in [0.2, 0.25) is 5.43 Å². The highest BCUT2D eigenvalue weighted by Gasteiger charge is 2.38. The van der Waals surface area contributed by atoms with Crippen molar-refractivity contribution in [3.63, 3.8) is 0 Å². The van der Waals surface area contributed by atoms with E-state index in [0.29, 0.717) is 29.5 Å². The van der Waals surface area contributed by atoms with Crippen molar-refractivity contribution >= 4 is 35.0 Å². The third-order valence-electron chi connectivity index (χ3n) is 5.80. The van der Waals surface area contributed by atoms with Gasteiger partial charge in [-0.1, -0.05) is 0 Å². The van der Waals surface area contributed by atoms with E-state index in [1.54, 1.807) is 22.8 Å². The van der Waals surface area contributed by atoms with Crippen molar-refractivity contribution in [3.8, 4) is 11.4 Å². The number of carbonyl (C=O) groups is 1. The van der Waals surface area contributed by atoms with Gasteiger partial charge < -0.3 is 25.0 Å². The molecule has 2 atom stereocenters. The van der Waals surface area contributed by atoms with Gasteiger partial charge in [-0.2, -0.15) is 0 Å². The Morgan fingerprint density at radius 3 is 2.53 bits per heavy atom. The zero-order valence-electron chi connectivity index (χ0n) is 15.7. The van der Waals surface area contributed by atoms with Gasteiger partial charge in [-0.15, -0.1) is 12.4 Å². The zero-order valence-corrected chi connectivity index (χ0v) is 16.5. The van der Waals surface area contributed by atoms with Gasteiger partial charge in [0.25, 0.3) is 0 Å². The van der Waals surface area contributed by atoms with Gasteiger partial charge in [0.15, 0.2) is 0 Å². The fourth-order valence-electron chi connectivity index (χ4n) is 4.39. The summed E-state index contributed by atoms with van der Waals surface area (Å²) in [5, 5.41) is 22.4. The molecule has 3 heterocycles. The maximum atomic E-state index is 15.0. The Morgan fingerprint density at radius 2 is 1.93 bits per heavy atom. The molecule has 156 valence electrons. The van der Waals surface area contributed by atoms with Crippen LogP contribution in [0.15, 0.2) is 47.4 Å². The number of hydrogen-bond donors (Lipinski definition) is 3. The molecule has 9 heteroatoms. The lowest BCUT2D eigenvalue weighted by Gasteiger charge is -2.30. The van der Waals surface area contributed by atoms with Crippen LogP contribution >= 0.6 is 12.4 Å². The van der Waals surface area contributed by atoms with Crippen LogP contribution < -0.4 is 15.6 Å². The van der Waals surface area contributed by atoms with Gasteiger partial charge in [0, 0.05) is 42.4 Å². The van der Waals surface area contributed by atoms with Crippen molar-refractivity contribution < 1.29 is 19.4 Å². The number of aromatic hydroxyl groups is 1. The van der Waals surface area contributed by atoms with Crippen molar-refractivity contribution in [2.45, 2.75) is 18.5 Å². The first-order valence-corrected chi connectivity index (χ1v) is 9.34. The largest absolute Gasteiger partial charge is 0.508 e. The van der Waals surface area contributed by atoms with Gasteiger partial charge in [-0.05, 0) is 42.8 Å². The first-order chi connectivity index (χ1) is 13.9. The Labute approximate surface area is 176 Å². The van der Waals surface area contributed by atoms with E-state index in [9.17, 15) is 19.8 Å². The maximum absolute atomic E-state index is 15.0. The summed E-state index contributed by atoms with van der Waals surface area (Å²) < 4.78 is 16.6. The molecule has 3 N–H and O–H groups in total. The van der Waals surface area contributed by atoms with E-state index in [1.165, 1.54) is 18.3 Å². The average molecular weight is 432 g/mol. The normalized spacial score (nSPS) is 19.8. The second kappa shape index (κ2) is 7.30. The number of anilines is 1. The Kier molecular flexibility index (Phi) is 4.91. The quantitative estimate of drug-likeness (QED) is 0.590. The summed E-state index contributed by atoms with van der Waals surface area (Å²) in [5.41, 5.74) is 0.205. The van der Waals surface area contributed by atoms with Crippen molar-refractivity contribution in [2.75, 3.05) is 18.0 Å². The number of nitrogens with one attached hydrogen (secondary N) is 1. The first-order valence-electron chi connectivity index (χ1n) is 9.34. The van der Waals surface area contributed by atoms with Crippen molar-refractivity contribution in [1.29, 1.82) is 0 Å². The molecule has 2 bridgehead atoms. The number of benzene rings is 2. The number of rotatable bonds is 3. The predicted octanol–water partition coefficient (Wildman–Crippen LogP) is 2.51. The highest BCUT2D eigenvalue weighted by molar-refractivity contribution is 5.94. The van der Waals surface area contributed by atoms with Gasteiger partial charge in [-0.3, -0.25) is 4.79 Å². The maximum Gasteiger partial charge on any atom is 0.341 e. The van der Waals surface area contributed by atoms with Crippen LogP contribution in [-0.2, 0) is 0 Å². The lowest BCUT2D eigenvalue weighted by Crippen LogP contribution is -2.44. The summed E-state index contributed by atoms with van der Waals surface area (Å²) in [6, 6.07) is 9.42. The number of aromatic carboxylic acids is 1. The topological polar surface area (TPSA) is 94.8 Å². The molecule has 0 unspecified atom stereocenters. The number of phenols is 1. The molecule has 7 nitrogen and oxygen atoms in total. The van der Waals surface area contributed by atoms with E-state index in [1.807, 2.05) is 4.90 Å². The number of hydrogen-bond acceptors (Lipinski definition) is 5. The molecule has 0 aliphatic carbocycles. The fraction of sp³-hybridized carbons (Fsp3) is 0.238. The molecule has 0 saturated carbocycles. The molecule has 0 amide bonds. The van der Waals surface area contributed by atoms with E-state index in [0.717, 1.165) is 19.0 Å². The zero-order chi connectivity index (χ0) is 20.3. The Hall–Kier alpha value is -3.10. The standard InChI is InChI=1S/C21H18FN3O4.ClH/c22-17-6-15-18(7-19(17)24-9-11-5-13(24)8-23-11)25(10-16(20(15)27)21(28)29)12-1-3-14(26)4-2-12;/h1-4,6-7,10-11,13,23,26H,5,8-9H2,(H,28,29);1H/t11-,13-;/m0./s1. The predicted molar refractivity (Wildman–Crippen MR) is 113 cm³/mol. The number of aromatic nitrogens is 1. The summed E-state index contributed by atoms with van der Waals surface area (Å²) in [5.74, 6) is -1.86. The number of halogens is 2. The molecule has 1 aromatic heterocycles.